The lowest BCUT2D eigenvalue weighted by atomic mass is 9.85. The molecule has 0 spiro atoms. The highest BCUT2D eigenvalue weighted by Crippen LogP contribution is 2.27. The van der Waals surface area contributed by atoms with Gasteiger partial charge in [-0.3, -0.25) is 4.79 Å². The standard InChI is InChI=1S/C15H26N2O4/c1-11(8-14(19)20)12-4-2-6-16(9-12)15(21)17-7-3-5-13(18)10-17/h11-13,18H,2-10H2,1H3,(H,19,20). The molecule has 2 aliphatic heterocycles. The fourth-order valence-corrected chi connectivity index (χ4v) is 3.42. The number of nitrogens with zero attached hydrogens (tertiary/aromatic N) is 2. The maximum atomic E-state index is 12.5. The molecular weight excluding hydrogens is 272 g/mol. The molecule has 2 amide bonds. The Hall–Kier alpha value is -1.30. The summed E-state index contributed by atoms with van der Waals surface area (Å²) < 4.78 is 0. The van der Waals surface area contributed by atoms with E-state index >= 15 is 0 Å². The number of aliphatic hydroxyl groups excluding tert-OH is 1. The molecule has 3 unspecified atom stereocenters. The summed E-state index contributed by atoms with van der Waals surface area (Å²) in [6.45, 7) is 4.46. The van der Waals surface area contributed by atoms with Crippen molar-refractivity contribution in [2.24, 2.45) is 11.8 Å². The van der Waals surface area contributed by atoms with Gasteiger partial charge in [0.15, 0.2) is 0 Å². The second kappa shape index (κ2) is 7.11. The van der Waals surface area contributed by atoms with E-state index in [0.29, 0.717) is 19.6 Å². The third kappa shape index (κ3) is 4.33. The summed E-state index contributed by atoms with van der Waals surface area (Å²) in [5.41, 5.74) is 0. The van der Waals surface area contributed by atoms with Crippen molar-refractivity contribution >= 4 is 12.0 Å². The molecule has 2 saturated heterocycles. The maximum absolute atomic E-state index is 12.5. The van der Waals surface area contributed by atoms with Gasteiger partial charge in [-0.1, -0.05) is 6.92 Å². The quantitative estimate of drug-likeness (QED) is 0.825. The Bertz CT molecular complexity index is 388. The van der Waals surface area contributed by atoms with E-state index in [1.54, 1.807) is 4.90 Å². The molecule has 0 aliphatic carbocycles. The van der Waals surface area contributed by atoms with Crippen molar-refractivity contribution in [1.29, 1.82) is 0 Å². The first kappa shape index (κ1) is 16.1. The van der Waals surface area contributed by atoms with Crippen molar-refractivity contribution < 1.29 is 19.8 Å². The molecule has 120 valence electrons. The summed E-state index contributed by atoms with van der Waals surface area (Å²) in [6, 6.07) is 0.000903. The van der Waals surface area contributed by atoms with Crippen LogP contribution in [0.4, 0.5) is 4.79 Å². The smallest absolute Gasteiger partial charge is 0.320 e. The zero-order chi connectivity index (χ0) is 15.4. The Morgan fingerprint density at radius 2 is 1.76 bits per heavy atom. The Balaban J connectivity index is 1.90. The summed E-state index contributed by atoms with van der Waals surface area (Å²) in [6.07, 6.45) is 3.28. The number of carboxylic acids is 1. The number of amides is 2. The highest BCUT2D eigenvalue weighted by Gasteiger charge is 2.32. The van der Waals surface area contributed by atoms with Crippen molar-refractivity contribution in [3.63, 3.8) is 0 Å². The molecule has 0 aromatic rings. The number of aliphatic hydroxyl groups is 1. The van der Waals surface area contributed by atoms with Crippen LogP contribution < -0.4 is 0 Å². The number of hydrogen-bond donors (Lipinski definition) is 2. The molecule has 2 aliphatic rings. The number of carboxylic acid groups (broad SMARTS) is 1. The fourth-order valence-electron chi connectivity index (χ4n) is 3.42. The van der Waals surface area contributed by atoms with Crippen LogP contribution in [-0.2, 0) is 4.79 Å². The average Bonchev–Trinajstić information content (AvgIpc) is 2.46. The van der Waals surface area contributed by atoms with Crippen molar-refractivity contribution in [3.05, 3.63) is 0 Å². The van der Waals surface area contributed by atoms with E-state index in [0.717, 1.165) is 32.2 Å². The van der Waals surface area contributed by atoms with E-state index in [1.165, 1.54) is 0 Å². The minimum Gasteiger partial charge on any atom is -0.481 e. The van der Waals surface area contributed by atoms with E-state index in [1.807, 2.05) is 11.8 Å². The summed E-state index contributed by atoms with van der Waals surface area (Å²) in [5.74, 6) is -0.427. The Morgan fingerprint density at radius 3 is 2.38 bits per heavy atom. The normalized spacial score (nSPS) is 28.3. The van der Waals surface area contributed by atoms with Crippen LogP contribution in [0.3, 0.4) is 0 Å². The summed E-state index contributed by atoms with van der Waals surface area (Å²) in [5, 5.41) is 18.6. The fraction of sp³-hybridized carbons (Fsp3) is 0.867. The van der Waals surface area contributed by atoms with E-state index < -0.39 is 12.1 Å². The number of carbonyl (C=O) groups excluding carboxylic acids is 1. The van der Waals surface area contributed by atoms with Crippen LogP contribution in [0.25, 0.3) is 0 Å². The number of likely N-dealkylation sites (tertiary alicyclic amines) is 2. The highest BCUT2D eigenvalue weighted by molar-refractivity contribution is 5.74. The third-order valence-electron chi connectivity index (χ3n) is 4.70. The molecule has 21 heavy (non-hydrogen) atoms. The van der Waals surface area contributed by atoms with Crippen molar-refractivity contribution in [2.75, 3.05) is 26.2 Å². The van der Waals surface area contributed by atoms with Gasteiger partial charge in [0.05, 0.1) is 6.10 Å². The van der Waals surface area contributed by atoms with Crippen LogP contribution in [-0.4, -0.2) is 64.3 Å². The number of β-amino-alcohol motifs (C(OH)–C–C–N with tert-alkyl or cyclic N) is 1. The summed E-state index contributed by atoms with van der Waals surface area (Å²) >= 11 is 0. The van der Waals surface area contributed by atoms with Gasteiger partial charge in [-0.15, -0.1) is 0 Å². The van der Waals surface area contributed by atoms with Gasteiger partial charge in [-0.05, 0) is 37.5 Å². The minimum absolute atomic E-state index is 0.000903. The molecule has 0 radical (unpaired) electrons. The molecule has 2 heterocycles. The van der Waals surface area contributed by atoms with Crippen LogP contribution in [0.2, 0.25) is 0 Å². The van der Waals surface area contributed by atoms with Gasteiger partial charge in [-0.25, -0.2) is 4.79 Å². The minimum atomic E-state index is -0.773. The molecule has 0 aromatic carbocycles. The number of hydrogen-bond acceptors (Lipinski definition) is 3. The molecule has 3 atom stereocenters. The monoisotopic (exact) mass is 298 g/mol. The third-order valence-corrected chi connectivity index (χ3v) is 4.70. The SMILES string of the molecule is CC(CC(=O)O)C1CCCN(C(=O)N2CCCC(O)C2)C1. The van der Waals surface area contributed by atoms with Gasteiger partial charge in [0, 0.05) is 32.6 Å². The number of rotatable bonds is 3. The second-order valence-electron chi connectivity index (χ2n) is 6.45. The molecule has 2 rings (SSSR count). The molecule has 2 N–H and O–H groups in total. The Kier molecular flexibility index (Phi) is 5.45. The average molecular weight is 298 g/mol. The number of piperidine rings is 2. The number of urea groups is 1. The number of aliphatic carboxylic acids is 1. The van der Waals surface area contributed by atoms with E-state index in [9.17, 15) is 14.7 Å². The van der Waals surface area contributed by atoms with E-state index in [-0.39, 0.29) is 24.3 Å². The zero-order valence-electron chi connectivity index (χ0n) is 12.7. The molecule has 0 bridgehead atoms. The lowest BCUT2D eigenvalue weighted by Gasteiger charge is -2.40. The van der Waals surface area contributed by atoms with Crippen LogP contribution in [0, 0.1) is 11.8 Å². The van der Waals surface area contributed by atoms with Crippen molar-refractivity contribution in [2.45, 2.75) is 45.1 Å². The Labute approximate surface area is 125 Å². The Morgan fingerprint density at radius 1 is 1.14 bits per heavy atom. The molecular formula is C15H26N2O4. The summed E-state index contributed by atoms with van der Waals surface area (Å²) in [7, 11) is 0. The first-order chi connectivity index (χ1) is 9.97. The molecule has 0 aromatic heterocycles. The zero-order valence-corrected chi connectivity index (χ0v) is 12.7. The molecule has 0 saturated carbocycles. The van der Waals surface area contributed by atoms with Gasteiger partial charge in [0.25, 0.3) is 0 Å². The predicted octanol–water partition coefficient (Wildman–Crippen LogP) is 1.39. The van der Waals surface area contributed by atoms with Crippen molar-refractivity contribution in [3.8, 4) is 0 Å². The second-order valence-corrected chi connectivity index (χ2v) is 6.45. The molecule has 2 fully saturated rings. The molecule has 6 nitrogen and oxygen atoms in total. The lowest BCUT2D eigenvalue weighted by molar-refractivity contribution is -0.138. The van der Waals surface area contributed by atoms with Gasteiger partial charge in [-0.2, -0.15) is 0 Å². The van der Waals surface area contributed by atoms with Crippen LogP contribution in [0.15, 0.2) is 0 Å². The molecule has 6 heteroatoms. The van der Waals surface area contributed by atoms with Gasteiger partial charge in [0.1, 0.15) is 0 Å². The summed E-state index contributed by atoms with van der Waals surface area (Å²) in [4.78, 5) is 26.9. The van der Waals surface area contributed by atoms with Crippen molar-refractivity contribution in [1.82, 2.24) is 9.80 Å². The predicted molar refractivity (Wildman–Crippen MR) is 77.9 cm³/mol. The first-order valence-electron chi connectivity index (χ1n) is 7.91. The van der Waals surface area contributed by atoms with E-state index in [2.05, 4.69) is 0 Å². The van der Waals surface area contributed by atoms with E-state index in [4.69, 9.17) is 5.11 Å². The first-order valence-corrected chi connectivity index (χ1v) is 7.91. The number of carbonyl (C=O) groups is 2. The van der Waals surface area contributed by atoms with Gasteiger partial charge in [0.2, 0.25) is 0 Å². The topological polar surface area (TPSA) is 81.1 Å². The van der Waals surface area contributed by atoms with Crippen LogP contribution in [0.1, 0.15) is 39.0 Å². The largest absolute Gasteiger partial charge is 0.481 e. The van der Waals surface area contributed by atoms with Crippen LogP contribution in [0.5, 0.6) is 0 Å². The lowest BCUT2D eigenvalue weighted by Crippen LogP contribution is -2.52. The highest BCUT2D eigenvalue weighted by atomic mass is 16.4. The maximum Gasteiger partial charge on any atom is 0.320 e. The van der Waals surface area contributed by atoms with Gasteiger partial charge < -0.3 is 20.0 Å². The van der Waals surface area contributed by atoms with Gasteiger partial charge >= 0.3 is 12.0 Å². The van der Waals surface area contributed by atoms with Crippen LogP contribution >= 0.6 is 0 Å².